The maximum Gasteiger partial charge on any atom is 0.339 e. The number of nitrogens with one attached hydrogen (secondary N) is 1. The van der Waals surface area contributed by atoms with Crippen molar-refractivity contribution in [1.29, 1.82) is 0 Å². The molecule has 0 spiro atoms. The molecule has 1 N–H and O–H groups in total. The van der Waals surface area contributed by atoms with Crippen LogP contribution in [-0.2, 0) is 34.5 Å². The van der Waals surface area contributed by atoms with Crippen molar-refractivity contribution in [2.45, 2.75) is 43.9 Å². The van der Waals surface area contributed by atoms with Gasteiger partial charge in [-0.2, -0.15) is 4.31 Å². The Morgan fingerprint density at radius 3 is 2.19 bits per heavy atom. The van der Waals surface area contributed by atoms with E-state index in [1.807, 2.05) is 12.1 Å². The van der Waals surface area contributed by atoms with Crippen molar-refractivity contribution in [2.75, 3.05) is 32.1 Å². The molecule has 0 unspecified atom stereocenters. The van der Waals surface area contributed by atoms with Crippen molar-refractivity contribution in [3.63, 3.8) is 0 Å². The summed E-state index contributed by atoms with van der Waals surface area (Å²) >= 11 is 0. The van der Waals surface area contributed by atoms with Gasteiger partial charge in [0.25, 0.3) is 5.91 Å². The molecule has 1 saturated heterocycles. The van der Waals surface area contributed by atoms with E-state index in [9.17, 15) is 22.8 Å². The number of nitrogens with zero attached hydrogens (tertiary/aromatic N) is 1. The van der Waals surface area contributed by atoms with Gasteiger partial charge in [-0.1, -0.05) is 45.0 Å². The predicted molar refractivity (Wildman–Crippen MR) is 134 cm³/mol. The molecule has 0 aromatic heterocycles. The molecule has 1 fully saturated rings. The zero-order valence-electron chi connectivity index (χ0n) is 20.9. The molecule has 36 heavy (non-hydrogen) atoms. The maximum atomic E-state index is 13.1. The summed E-state index contributed by atoms with van der Waals surface area (Å²) in [7, 11) is -2.77. The molecule has 1 heterocycles. The van der Waals surface area contributed by atoms with Crippen LogP contribution in [0.25, 0.3) is 0 Å². The summed E-state index contributed by atoms with van der Waals surface area (Å²) in [6.45, 7) is 6.04. The van der Waals surface area contributed by atoms with Crippen LogP contribution in [0.1, 0.15) is 49.5 Å². The highest BCUT2D eigenvalue weighted by atomic mass is 32.2. The third-order valence-electron chi connectivity index (χ3n) is 6.08. The number of esters is 2. The monoisotopic (exact) mass is 516 g/mol. The molecular weight excluding hydrogens is 484 g/mol. The Labute approximate surface area is 211 Å². The van der Waals surface area contributed by atoms with Crippen LogP contribution in [0.4, 0.5) is 5.69 Å². The van der Waals surface area contributed by atoms with Crippen molar-refractivity contribution >= 4 is 33.6 Å². The minimum Gasteiger partial charge on any atom is -0.465 e. The van der Waals surface area contributed by atoms with E-state index >= 15 is 0 Å². The summed E-state index contributed by atoms with van der Waals surface area (Å²) in [6.07, 6.45) is 0.489. The fourth-order valence-corrected chi connectivity index (χ4v) is 5.60. The number of hydrogen-bond donors (Lipinski definition) is 1. The van der Waals surface area contributed by atoms with Gasteiger partial charge >= 0.3 is 11.9 Å². The Hall–Kier alpha value is -3.24. The fourth-order valence-electron chi connectivity index (χ4n) is 3.95. The largest absolute Gasteiger partial charge is 0.465 e. The third-order valence-corrected chi connectivity index (χ3v) is 8.03. The van der Waals surface area contributed by atoms with E-state index in [0.29, 0.717) is 5.69 Å². The van der Waals surface area contributed by atoms with Crippen molar-refractivity contribution in [1.82, 2.24) is 4.31 Å². The topological polar surface area (TPSA) is 119 Å². The highest BCUT2D eigenvalue weighted by molar-refractivity contribution is 7.89. The Balaban J connectivity index is 1.52. The number of carbonyl (C=O) groups excluding carboxylic acids is 3. The van der Waals surface area contributed by atoms with Crippen LogP contribution in [0.15, 0.2) is 53.4 Å². The average Bonchev–Trinajstić information content (AvgIpc) is 2.86. The van der Waals surface area contributed by atoms with E-state index in [-0.39, 0.29) is 41.8 Å². The van der Waals surface area contributed by atoms with Crippen LogP contribution in [0.2, 0.25) is 0 Å². The van der Waals surface area contributed by atoms with Crippen LogP contribution in [0.3, 0.4) is 0 Å². The van der Waals surface area contributed by atoms with E-state index in [0.717, 1.165) is 5.56 Å². The predicted octanol–water partition coefficient (Wildman–Crippen LogP) is 3.35. The molecule has 194 valence electrons. The molecule has 0 radical (unpaired) electrons. The highest BCUT2D eigenvalue weighted by Crippen LogP contribution is 2.27. The lowest BCUT2D eigenvalue weighted by atomic mass is 9.87. The van der Waals surface area contributed by atoms with Gasteiger partial charge in [0.15, 0.2) is 6.61 Å². The average molecular weight is 517 g/mol. The maximum absolute atomic E-state index is 13.1. The summed E-state index contributed by atoms with van der Waals surface area (Å²) in [4.78, 5) is 36.6. The number of hydrogen-bond acceptors (Lipinski definition) is 7. The molecule has 10 heteroatoms. The minimum absolute atomic E-state index is 0.00227. The number of amides is 1. The van der Waals surface area contributed by atoms with Gasteiger partial charge in [0, 0.05) is 18.8 Å². The molecule has 0 saturated carbocycles. The molecule has 2 aromatic carbocycles. The summed E-state index contributed by atoms with van der Waals surface area (Å²) in [6, 6.07) is 13.3. The van der Waals surface area contributed by atoms with E-state index < -0.39 is 40.4 Å². The number of benzene rings is 2. The van der Waals surface area contributed by atoms with Gasteiger partial charge < -0.3 is 14.8 Å². The van der Waals surface area contributed by atoms with Crippen LogP contribution in [0, 0.1) is 5.92 Å². The molecule has 3 rings (SSSR count). The van der Waals surface area contributed by atoms with E-state index in [1.54, 1.807) is 18.2 Å². The van der Waals surface area contributed by atoms with Crippen LogP contribution < -0.4 is 5.32 Å². The fraction of sp³-hybridized carbons (Fsp3) is 0.423. The Morgan fingerprint density at radius 1 is 1.00 bits per heavy atom. The van der Waals surface area contributed by atoms with Gasteiger partial charge in [0.1, 0.15) is 0 Å². The summed E-state index contributed by atoms with van der Waals surface area (Å²) in [5.41, 5.74) is 1.70. The molecule has 0 bridgehead atoms. The van der Waals surface area contributed by atoms with E-state index in [2.05, 4.69) is 26.1 Å². The summed E-state index contributed by atoms with van der Waals surface area (Å²) in [5.74, 6) is -2.26. The molecular formula is C26H32N2O7S. The van der Waals surface area contributed by atoms with E-state index in [1.165, 1.54) is 29.6 Å². The summed E-state index contributed by atoms with van der Waals surface area (Å²) < 4.78 is 37.4. The second-order valence-electron chi connectivity index (χ2n) is 9.65. The smallest absolute Gasteiger partial charge is 0.339 e. The first-order valence-electron chi connectivity index (χ1n) is 11.7. The molecule has 1 amide bonds. The van der Waals surface area contributed by atoms with Crippen molar-refractivity contribution in [3.8, 4) is 0 Å². The molecule has 0 atom stereocenters. The molecule has 0 aliphatic carbocycles. The normalized spacial score (nSPS) is 15.2. The lowest BCUT2D eigenvalue weighted by Crippen LogP contribution is -2.41. The van der Waals surface area contributed by atoms with Gasteiger partial charge in [-0.3, -0.25) is 9.59 Å². The molecule has 1 aliphatic rings. The second-order valence-corrected chi connectivity index (χ2v) is 11.6. The molecule has 2 aromatic rings. The molecule has 1 aliphatic heterocycles. The van der Waals surface area contributed by atoms with Gasteiger partial charge in [-0.05, 0) is 48.1 Å². The number of carbonyl (C=O) groups is 3. The van der Waals surface area contributed by atoms with Crippen molar-refractivity contribution in [2.24, 2.45) is 5.92 Å². The first kappa shape index (κ1) is 27.3. The number of sulfonamides is 1. The number of ether oxygens (including phenoxy) is 2. The SMILES string of the molecule is COC(=O)c1ccccc1S(=O)(=O)N1CCC(C(=O)OCC(=O)Nc2ccc(C(C)(C)C)cc2)CC1. The molecule has 9 nitrogen and oxygen atoms in total. The van der Waals surface area contributed by atoms with Crippen molar-refractivity contribution in [3.05, 3.63) is 59.7 Å². The first-order valence-corrected chi connectivity index (χ1v) is 13.1. The first-order chi connectivity index (χ1) is 16.9. The number of piperidine rings is 1. The lowest BCUT2D eigenvalue weighted by molar-refractivity contribution is -0.152. The zero-order chi connectivity index (χ0) is 26.5. The van der Waals surface area contributed by atoms with Gasteiger partial charge in [-0.25, -0.2) is 13.2 Å². The number of anilines is 1. The third kappa shape index (κ3) is 6.50. The minimum atomic E-state index is -3.95. The number of methoxy groups -OCH3 is 1. The van der Waals surface area contributed by atoms with Gasteiger partial charge in [-0.15, -0.1) is 0 Å². The summed E-state index contributed by atoms with van der Waals surface area (Å²) in [5, 5.41) is 2.70. The van der Waals surface area contributed by atoms with E-state index in [4.69, 9.17) is 9.47 Å². The standard InChI is InChI=1S/C26H32N2O7S/c1-26(2,3)19-9-11-20(12-10-19)27-23(29)17-35-24(30)18-13-15-28(16-14-18)36(32,33)22-8-6-5-7-21(22)25(31)34-4/h5-12,18H,13-17H2,1-4H3,(H,27,29). The van der Waals surface area contributed by atoms with Crippen molar-refractivity contribution < 1.29 is 32.3 Å². The lowest BCUT2D eigenvalue weighted by Gasteiger charge is -2.30. The van der Waals surface area contributed by atoms with Crippen LogP contribution in [-0.4, -0.2) is 57.4 Å². The van der Waals surface area contributed by atoms with Gasteiger partial charge in [0.05, 0.1) is 23.5 Å². The Kier molecular flexibility index (Phi) is 8.52. The highest BCUT2D eigenvalue weighted by Gasteiger charge is 2.35. The second kappa shape index (κ2) is 11.2. The zero-order valence-corrected chi connectivity index (χ0v) is 21.8. The van der Waals surface area contributed by atoms with Crippen LogP contribution in [0.5, 0.6) is 0 Å². The van der Waals surface area contributed by atoms with Crippen LogP contribution >= 0.6 is 0 Å². The van der Waals surface area contributed by atoms with Gasteiger partial charge in [0.2, 0.25) is 10.0 Å². The quantitative estimate of drug-likeness (QED) is 0.561. The Bertz CT molecular complexity index is 1210. The Morgan fingerprint density at radius 2 is 1.61 bits per heavy atom. The number of rotatable bonds is 7.